The van der Waals surface area contributed by atoms with E-state index < -0.39 is 0 Å². The second kappa shape index (κ2) is 6.65. The molecule has 1 aromatic heterocycles. The van der Waals surface area contributed by atoms with Crippen LogP contribution < -0.4 is 4.90 Å². The third-order valence-electron chi connectivity index (χ3n) is 3.81. The van der Waals surface area contributed by atoms with Gasteiger partial charge in [-0.1, -0.05) is 24.3 Å². The van der Waals surface area contributed by atoms with Crippen LogP contribution in [-0.4, -0.2) is 11.5 Å². The van der Waals surface area contributed by atoms with Gasteiger partial charge < -0.3 is 9.32 Å². The van der Waals surface area contributed by atoms with E-state index >= 15 is 0 Å². The third-order valence-corrected chi connectivity index (χ3v) is 3.81. The van der Waals surface area contributed by atoms with Crippen LogP contribution in [0.25, 0.3) is 11.5 Å². The van der Waals surface area contributed by atoms with Crippen molar-refractivity contribution >= 4 is 5.69 Å². The molecular weight excluding hydrogens is 291 g/mol. The fraction of sp³-hybridized carbons (Fsp3) is 0.211. The molecule has 3 nitrogen and oxygen atoms in total. The van der Waals surface area contributed by atoms with Gasteiger partial charge in [0, 0.05) is 17.8 Å². The number of aryl methyl sites for hydroxylation is 1. The van der Waals surface area contributed by atoms with E-state index in [0.29, 0.717) is 18.0 Å². The minimum absolute atomic E-state index is 0.294. The highest BCUT2D eigenvalue weighted by molar-refractivity contribution is 5.54. The molecule has 0 unspecified atom stereocenters. The number of anilines is 1. The Morgan fingerprint density at radius 3 is 2.70 bits per heavy atom. The molecule has 3 rings (SSSR count). The molecule has 0 bridgehead atoms. The van der Waals surface area contributed by atoms with Gasteiger partial charge in [0.05, 0.1) is 12.2 Å². The van der Waals surface area contributed by atoms with E-state index in [1.807, 2.05) is 12.1 Å². The standard InChI is InChI=1S/C19H19FN2O/c1-3-22(18-10-5-4-7-14(18)2)12-17-13-23-19(21-17)15-8-6-9-16(20)11-15/h4-11,13H,3,12H2,1-2H3. The Bertz CT molecular complexity index is 797. The van der Waals surface area contributed by atoms with Crippen molar-refractivity contribution < 1.29 is 8.81 Å². The quantitative estimate of drug-likeness (QED) is 0.677. The highest BCUT2D eigenvalue weighted by Crippen LogP contribution is 2.23. The summed E-state index contributed by atoms with van der Waals surface area (Å²) in [6.07, 6.45) is 1.64. The molecular formula is C19H19FN2O. The Morgan fingerprint density at radius 1 is 1.13 bits per heavy atom. The summed E-state index contributed by atoms with van der Waals surface area (Å²) in [5.74, 6) is 0.151. The lowest BCUT2D eigenvalue weighted by Gasteiger charge is -2.23. The van der Waals surface area contributed by atoms with Crippen molar-refractivity contribution in [3.8, 4) is 11.5 Å². The van der Waals surface area contributed by atoms with E-state index in [4.69, 9.17) is 4.42 Å². The van der Waals surface area contributed by atoms with Gasteiger partial charge in [-0.15, -0.1) is 0 Å². The van der Waals surface area contributed by atoms with E-state index in [0.717, 1.165) is 12.2 Å². The highest BCUT2D eigenvalue weighted by atomic mass is 19.1. The molecule has 0 atom stereocenters. The first-order valence-corrected chi connectivity index (χ1v) is 7.68. The smallest absolute Gasteiger partial charge is 0.226 e. The summed E-state index contributed by atoms with van der Waals surface area (Å²) in [4.78, 5) is 6.73. The van der Waals surface area contributed by atoms with Crippen LogP contribution in [0, 0.1) is 12.7 Å². The van der Waals surface area contributed by atoms with Crippen LogP contribution in [0.4, 0.5) is 10.1 Å². The van der Waals surface area contributed by atoms with Gasteiger partial charge in [0.25, 0.3) is 0 Å². The molecule has 2 aromatic carbocycles. The minimum Gasteiger partial charge on any atom is -0.444 e. The first kappa shape index (κ1) is 15.3. The average Bonchev–Trinajstić information content (AvgIpc) is 3.02. The molecule has 0 aliphatic heterocycles. The first-order valence-electron chi connectivity index (χ1n) is 7.68. The number of halogens is 1. The van der Waals surface area contributed by atoms with Gasteiger partial charge >= 0.3 is 0 Å². The van der Waals surface area contributed by atoms with Gasteiger partial charge in [0.1, 0.15) is 12.1 Å². The third kappa shape index (κ3) is 3.42. The predicted octanol–water partition coefficient (Wildman–Crippen LogP) is 4.82. The van der Waals surface area contributed by atoms with E-state index in [1.54, 1.807) is 18.4 Å². The fourth-order valence-electron chi connectivity index (χ4n) is 2.61. The summed E-state index contributed by atoms with van der Waals surface area (Å²) in [7, 11) is 0. The molecule has 4 heteroatoms. The van der Waals surface area contributed by atoms with Crippen LogP contribution in [0.3, 0.4) is 0 Å². The van der Waals surface area contributed by atoms with Crippen molar-refractivity contribution in [2.75, 3.05) is 11.4 Å². The molecule has 3 aromatic rings. The number of rotatable bonds is 5. The molecule has 0 saturated carbocycles. The zero-order chi connectivity index (χ0) is 16.2. The van der Waals surface area contributed by atoms with E-state index in [1.165, 1.54) is 23.4 Å². The predicted molar refractivity (Wildman–Crippen MR) is 89.8 cm³/mol. The molecule has 0 fully saturated rings. The second-order valence-electron chi connectivity index (χ2n) is 5.46. The summed E-state index contributed by atoms with van der Waals surface area (Å²) in [6.45, 7) is 5.73. The van der Waals surface area contributed by atoms with Crippen molar-refractivity contribution in [2.45, 2.75) is 20.4 Å². The number of hydrogen-bond acceptors (Lipinski definition) is 3. The summed E-state index contributed by atoms with van der Waals surface area (Å²) in [5, 5.41) is 0. The monoisotopic (exact) mass is 310 g/mol. The van der Waals surface area contributed by atoms with Gasteiger partial charge in [0.15, 0.2) is 0 Å². The molecule has 23 heavy (non-hydrogen) atoms. The summed E-state index contributed by atoms with van der Waals surface area (Å²) in [5.41, 5.74) is 3.89. The van der Waals surface area contributed by atoms with Gasteiger partial charge in [-0.05, 0) is 43.7 Å². The van der Waals surface area contributed by atoms with Crippen LogP contribution in [0.5, 0.6) is 0 Å². The maximum atomic E-state index is 13.3. The lowest BCUT2D eigenvalue weighted by Crippen LogP contribution is -2.22. The average molecular weight is 310 g/mol. The van der Waals surface area contributed by atoms with Gasteiger partial charge in [-0.3, -0.25) is 0 Å². The Kier molecular flexibility index (Phi) is 4.42. The number of para-hydroxylation sites is 1. The topological polar surface area (TPSA) is 29.3 Å². The van der Waals surface area contributed by atoms with Crippen molar-refractivity contribution in [3.05, 3.63) is 71.9 Å². The van der Waals surface area contributed by atoms with Crippen molar-refractivity contribution in [3.63, 3.8) is 0 Å². The molecule has 0 spiro atoms. The van der Waals surface area contributed by atoms with Crippen molar-refractivity contribution in [1.82, 2.24) is 4.98 Å². The Labute approximate surface area is 135 Å². The maximum Gasteiger partial charge on any atom is 0.226 e. The highest BCUT2D eigenvalue weighted by Gasteiger charge is 2.12. The number of nitrogens with zero attached hydrogens (tertiary/aromatic N) is 2. The van der Waals surface area contributed by atoms with E-state index in [2.05, 4.69) is 35.9 Å². The number of aromatic nitrogens is 1. The van der Waals surface area contributed by atoms with Crippen LogP contribution in [-0.2, 0) is 6.54 Å². The molecule has 0 amide bonds. The van der Waals surface area contributed by atoms with Crippen LogP contribution in [0.15, 0.2) is 59.2 Å². The van der Waals surface area contributed by atoms with Crippen LogP contribution >= 0.6 is 0 Å². The SMILES string of the molecule is CCN(Cc1coc(-c2cccc(F)c2)n1)c1ccccc1C. The number of benzene rings is 2. The molecule has 1 heterocycles. The van der Waals surface area contributed by atoms with Gasteiger partial charge in [-0.2, -0.15) is 0 Å². The maximum absolute atomic E-state index is 13.3. The summed E-state index contributed by atoms with van der Waals surface area (Å²) < 4.78 is 18.8. The van der Waals surface area contributed by atoms with Gasteiger partial charge in [-0.25, -0.2) is 9.37 Å². The number of oxazole rings is 1. The summed E-state index contributed by atoms with van der Waals surface area (Å²) in [6, 6.07) is 14.5. The van der Waals surface area contributed by atoms with Gasteiger partial charge in [0.2, 0.25) is 5.89 Å². The Hall–Kier alpha value is -2.62. The van der Waals surface area contributed by atoms with Crippen LogP contribution in [0.2, 0.25) is 0 Å². The first-order chi connectivity index (χ1) is 11.2. The van der Waals surface area contributed by atoms with E-state index in [-0.39, 0.29) is 5.82 Å². The summed E-state index contributed by atoms with van der Waals surface area (Å²) >= 11 is 0. The normalized spacial score (nSPS) is 10.7. The number of hydrogen-bond donors (Lipinski definition) is 0. The largest absolute Gasteiger partial charge is 0.444 e. The Morgan fingerprint density at radius 2 is 1.96 bits per heavy atom. The molecule has 0 N–H and O–H groups in total. The van der Waals surface area contributed by atoms with Crippen LogP contribution in [0.1, 0.15) is 18.2 Å². The Balaban J connectivity index is 1.82. The second-order valence-corrected chi connectivity index (χ2v) is 5.46. The van der Waals surface area contributed by atoms with Crippen molar-refractivity contribution in [1.29, 1.82) is 0 Å². The molecule has 0 saturated heterocycles. The van der Waals surface area contributed by atoms with E-state index in [9.17, 15) is 4.39 Å². The molecule has 118 valence electrons. The molecule has 0 radical (unpaired) electrons. The lowest BCUT2D eigenvalue weighted by atomic mass is 10.2. The zero-order valence-electron chi connectivity index (χ0n) is 13.3. The fourth-order valence-corrected chi connectivity index (χ4v) is 2.61. The minimum atomic E-state index is -0.294. The molecule has 0 aliphatic carbocycles. The zero-order valence-corrected chi connectivity index (χ0v) is 13.3. The molecule has 0 aliphatic rings. The lowest BCUT2D eigenvalue weighted by molar-refractivity contribution is 0.570. The van der Waals surface area contributed by atoms with Crippen molar-refractivity contribution in [2.24, 2.45) is 0 Å².